The van der Waals surface area contributed by atoms with Gasteiger partial charge in [0.1, 0.15) is 18.3 Å². The van der Waals surface area contributed by atoms with Crippen LogP contribution in [-0.4, -0.2) is 98.8 Å². The Labute approximate surface area is 179 Å². The van der Waals surface area contributed by atoms with Gasteiger partial charge < -0.3 is 25.2 Å². The Kier molecular flexibility index (Phi) is 7.51. The summed E-state index contributed by atoms with van der Waals surface area (Å²) in [6, 6.07) is 0. The predicted molar refractivity (Wildman–Crippen MR) is 69.6 cm³/mol. The maximum absolute atomic E-state index is 14.0. The summed E-state index contributed by atoms with van der Waals surface area (Å²) >= 11 is 0. The highest BCUT2D eigenvalue weighted by atomic mass is 19.4. The van der Waals surface area contributed by atoms with Crippen molar-refractivity contribution in [2.75, 3.05) is 0 Å². The number of alkyl halides is 17. The summed E-state index contributed by atoms with van der Waals surface area (Å²) in [6.45, 7) is 0. The molecule has 0 bridgehead atoms. The zero-order chi connectivity index (χ0) is 28.6. The number of hydrogen-bond donors (Lipinski definition) is 4. The molecule has 35 heavy (non-hydrogen) atoms. The second-order valence-corrected chi connectivity index (χ2v) is 6.99. The largest absolute Gasteiger partial charge is 0.460 e. The molecule has 0 amide bonds. The third kappa shape index (κ3) is 3.98. The number of hydrogen-bond acceptors (Lipinski definition) is 5. The van der Waals surface area contributed by atoms with E-state index in [0.29, 0.717) is 0 Å². The van der Waals surface area contributed by atoms with Gasteiger partial charge in [0.05, 0.1) is 0 Å². The zero-order valence-electron chi connectivity index (χ0n) is 15.5. The minimum absolute atomic E-state index is 2.86. The van der Waals surface area contributed by atoms with Crippen molar-refractivity contribution in [3.05, 3.63) is 0 Å². The van der Waals surface area contributed by atoms with Crippen LogP contribution >= 0.6 is 0 Å². The van der Waals surface area contributed by atoms with E-state index in [-0.39, 0.29) is 0 Å². The molecule has 1 fully saturated rings. The highest BCUT2D eigenvalue weighted by molar-refractivity contribution is 5.16. The van der Waals surface area contributed by atoms with Gasteiger partial charge in [-0.15, -0.1) is 0 Å². The molecule has 0 aromatic rings. The Morgan fingerprint density at radius 1 is 0.400 bits per heavy atom. The zero-order valence-corrected chi connectivity index (χ0v) is 15.5. The summed E-state index contributed by atoms with van der Waals surface area (Å²) in [5.74, 6) is -58.7. The first-order chi connectivity index (χ1) is 15.0. The Balaban J connectivity index is 3.67. The van der Waals surface area contributed by atoms with E-state index in [4.69, 9.17) is 15.3 Å². The van der Waals surface area contributed by atoms with Gasteiger partial charge in [-0.05, 0) is 0 Å². The van der Waals surface area contributed by atoms with Crippen LogP contribution in [0.1, 0.15) is 0 Å². The number of halogens is 17. The van der Waals surface area contributed by atoms with Gasteiger partial charge in [0.15, 0.2) is 12.4 Å². The lowest BCUT2D eigenvalue weighted by Crippen LogP contribution is -2.76. The van der Waals surface area contributed by atoms with Crippen molar-refractivity contribution in [3.8, 4) is 0 Å². The van der Waals surface area contributed by atoms with Gasteiger partial charge in [0, 0.05) is 0 Å². The molecule has 1 rings (SSSR count). The van der Waals surface area contributed by atoms with E-state index < -0.39 is 78.3 Å². The summed E-state index contributed by atoms with van der Waals surface area (Å²) in [5.41, 5.74) is 0. The van der Waals surface area contributed by atoms with Gasteiger partial charge in [0.2, 0.25) is 0 Å². The van der Waals surface area contributed by atoms with Gasteiger partial charge in [-0.3, -0.25) is 0 Å². The Hall–Kier alpha value is -1.39. The monoisotopic (exact) mass is 568 g/mol. The maximum atomic E-state index is 14.0. The van der Waals surface area contributed by atoms with Crippen molar-refractivity contribution in [1.82, 2.24) is 0 Å². The fraction of sp³-hybridized carbons (Fsp3) is 1.00. The van der Waals surface area contributed by atoms with E-state index in [1.807, 2.05) is 0 Å². The molecule has 5 nitrogen and oxygen atoms in total. The highest BCUT2D eigenvalue weighted by Crippen LogP contribution is 2.64. The number of aliphatic hydroxyl groups excluding tert-OH is 4. The van der Waals surface area contributed by atoms with Gasteiger partial charge in [-0.25, -0.2) is 0 Å². The molecule has 0 aliphatic carbocycles. The minimum atomic E-state index is -8.83. The fourth-order valence-electron chi connectivity index (χ4n) is 2.52. The van der Waals surface area contributed by atoms with Gasteiger partial charge in [-0.1, -0.05) is 0 Å². The van der Waals surface area contributed by atoms with Crippen molar-refractivity contribution < 1.29 is 99.8 Å². The molecule has 0 aromatic carbocycles. The molecule has 0 spiro atoms. The van der Waals surface area contributed by atoms with E-state index in [0.717, 1.165) is 0 Å². The lowest BCUT2D eigenvalue weighted by atomic mass is 9.85. The van der Waals surface area contributed by atoms with Crippen molar-refractivity contribution >= 4 is 0 Å². The first-order valence-electron chi connectivity index (χ1n) is 8.09. The Morgan fingerprint density at radius 3 is 1.06 bits per heavy atom. The van der Waals surface area contributed by atoms with E-state index >= 15 is 0 Å². The van der Waals surface area contributed by atoms with E-state index in [9.17, 15) is 79.7 Å². The third-order valence-corrected chi connectivity index (χ3v) is 4.69. The van der Waals surface area contributed by atoms with Crippen LogP contribution in [0.2, 0.25) is 0 Å². The molecule has 22 heteroatoms. The van der Waals surface area contributed by atoms with Crippen molar-refractivity contribution in [3.63, 3.8) is 0 Å². The second-order valence-electron chi connectivity index (χ2n) is 6.99. The molecule has 1 saturated heterocycles. The molecule has 1 aliphatic heterocycles. The summed E-state index contributed by atoms with van der Waals surface area (Å²) in [6.07, 6.45) is -25.5. The predicted octanol–water partition coefficient (Wildman–Crippen LogP) is 2.80. The first kappa shape index (κ1) is 31.6. The molecule has 1 unspecified atom stereocenters. The second kappa shape index (κ2) is 8.31. The molecule has 0 saturated carbocycles. The maximum Gasteiger partial charge on any atom is 0.460 e. The number of ether oxygens (including phenoxy) is 1. The van der Waals surface area contributed by atoms with Gasteiger partial charge >= 0.3 is 47.6 Å². The van der Waals surface area contributed by atoms with Crippen LogP contribution in [0.4, 0.5) is 74.6 Å². The molecule has 5 atom stereocenters. The molecule has 0 aromatic heterocycles. The van der Waals surface area contributed by atoms with Crippen LogP contribution in [0, 0.1) is 0 Å². The smallest absolute Gasteiger partial charge is 0.387 e. The SMILES string of the molecule is OC1O[C@@H](C(F)(F)C(F)(F)C(F)(F)C(F)(F)C(F)(F)C(F)(F)C(F)(F)C(F)(F)F)[C@@H](O)[C@H](O)[C@H]1O. The van der Waals surface area contributed by atoms with Gasteiger partial charge in [0.25, 0.3) is 0 Å². The van der Waals surface area contributed by atoms with Crippen molar-refractivity contribution in [2.24, 2.45) is 0 Å². The van der Waals surface area contributed by atoms with E-state index in [1.54, 1.807) is 0 Å². The van der Waals surface area contributed by atoms with Gasteiger partial charge in [-0.2, -0.15) is 74.6 Å². The molecule has 1 heterocycles. The molecular weight excluding hydrogens is 559 g/mol. The lowest BCUT2D eigenvalue weighted by Gasteiger charge is -2.46. The van der Waals surface area contributed by atoms with Crippen molar-refractivity contribution in [1.29, 1.82) is 0 Å². The average molecular weight is 568 g/mol. The summed E-state index contributed by atoms with van der Waals surface area (Å²) < 4.78 is 228. The summed E-state index contributed by atoms with van der Waals surface area (Å²) in [4.78, 5) is 0. The Bertz CT molecular complexity index is 781. The molecule has 0 radical (unpaired) electrons. The van der Waals surface area contributed by atoms with Crippen molar-refractivity contribution in [2.45, 2.75) is 78.3 Å². The molecular formula is C13H9F17O5. The van der Waals surface area contributed by atoms with E-state index in [2.05, 4.69) is 4.74 Å². The molecule has 210 valence electrons. The average Bonchev–Trinajstić information content (AvgIpc) is 2.67. The van der Waals surface area contributed by atoms with Crippen LogP contribution in [-0.2, 0) is 4.74 Å². The quantitative estimate of drug-likeness (QED) is 0.355. The minimum Gasteiger partial charge on any atom is -0.387 e. The summed E-state index contributed by atoms with van der Waals surface area (Å²) in [7, 11) is 0. The van der Waals surface area contributed by atoms with Crippen LogP contribution in [0.3, 0.4) is 0 Å². The normalized spacial score (nSPS) is 28.9. The fourth-order valence-corrected chi connectivity index (χ4v) is 2.52. The first-order valence-corrected chi connectivity index (χ1v) is 8.09. The highest BCUT2D eigenvalue weighted by Gasteiger charge is 2.95. The van der Waals surface area contributed by atoms with Crippen LogP contribution in [0.25, 0.3) is 0 Å². The Morgan fingerprint density at radius 2 is 0.714 bits per heavy atom. The number of rotatable bonds is 7. The lowest BCUT2D eigenvalue weighted by molar-refractivity contribution is -0.468. The van der Waals surface area contributed by atoms with E-state index in [1.165, 1.54) is 0 Å². The number of aliphatic hydroxyl groups is 4. The third-order valence-electron chi connectivity index (χ3n) is 4.69. The van der Waals surface area contributed by atoms with Crippen LogP contribution in [0.5, 0.6) is 0 Å². The van der Waals surface area contributed by atoms with Crippen LogP contribution in [0.15, 0.2) is 0 Å². The van der Waals surface area contributed by atoms with Crippen LogP contribution < -0.4 is 0 Å². The standard InChI is InChI=1S/C13H9F17O5/c14-6(15,4-2(32)1(31)3(33)5(34)35-4)7(16,17)8(18,19)9(20,21)10(22,23)11(24,25)12(26,27)13(28,29)30/h1-5,31-34H/t1-,2-,3+,4+,5?/m0/s1. The molecule has 1 aliphatic rings. The summed E-state index contributed by atoms with van der Waals surface area (Å²) in [5, 5.41) is 36.3. The molecule has 4 N–H and O–H groups in total. The topological polar surface area (TPSA) is 90.2 Å².